The first-order valence-corrected chi connectivity index (χ1v) is 8.77. The monoisotopic (exact) mass is 348 g/mol. The highest BCUT2D eigenvalue weighted by molar-refractivity contribution is 6.47. The second-order valence-corrected chi connectivity index (χ2v) is 6.64. The number of ether oxygens (including phenoxy) is 1. The van der Waals surface area contributed by atoms with Crippen LogP contribution in [0.1, 0.15) is 44.6 Å². The summed E-state index contributed by atoms with van der Waals surface area (Å²) >= 11 is 5.93. The van der Waals surface area contributed by atoms with Gasteiger partial charge in [-0.2, -0.15) is 0 Å². The van der Waals surface area contributed by atoms with Crippen molar-refractivity contribution in [3.8, 4) is 0 Å². The summed E-state index contributed by atoms with van der Waals surface area (Å²) in [5.41, 5.74) is 0.551. The summed E-state index contributed by atoms with van der Waals surface area (Å²) in [5.74, 6) is -0.587. The molecule has 1 aromatic rings. The van der Waals surface area contributed by atoms with Crippen molar-refractivity contribution in [2.45, 2.75) is 44.7 Å². The predicted molar refractivity (Wildman–Crippen MR) is 92.2 cm³/mol. The standard InChI is InChI=1S/C18H21ClN2O3/c1-2-24-15(22)12-21-17(23)16(13-6-8-14(19)9-7-13)20-18(21)10-4-3-5-11-18/h6-9H,2-5,10-12H2,1H3. The van der Waals surface area contributed by atoms with Crippen LogP contribution in [-0.2, 0) is 14.3 Å². The SMILES string of the molecule is CCOC(=O)CN1C(=O)C(c2ccc(Cl)cc2)=NC12CCCCC2. The highest BCUT2D eigenvalue weighted by Gasteiger charge is 2.48. The molecular weight excluding hydrogens is 328 g/mol. The molecule has 1 amide bonds. The third-order valence-electron chi connectivity index (χ3n) is 4.63. The smallest absolute Gasteiger partial charge is 0.325 e. The average molecular weight is 349 g/mol. The number of rotatable bonds is 4. The van der Waals surface area contributed by atoms with Gasteiger partial charge in [-0.3, -0.25) is 14.6 Å². The number of carbonyl (C=O) groups is 2. The Hall–Kier alpha value is -1.88. The van der Waals surface area contributed by atoms with E-state index in [0.29, 0.717) is 17.3 Å². The number of carbonyl (C=O) groups excluding carboxylic acids is 2. The molecular formula is C18H21ClN2O3. The molecule has 0 N–H and O–H groups in total. The number of halogens is 1. The Morgan fingerprint density at radius 1 is 1.25 bits per heavy atom. The molecule has 1 spiro atoms. The maximum absolute atomic E-state index is 13.0. The van der Waals surface area contributed by atoms with Gasteiger partial charge in [-0.25, -0.2) is 0 Å². The van der Waals surface area contributed by atoms with Crippen LogP contribution in [0.3, 0.4) is 0 Å². The zero-order valence-corrected chi connectivity index (χ0v) is 14.5. The molecule has 3 rings (SSSR count). The van der Waals surface area contributed by atoms with Gasteiger partial charge in [-0.15, -0.1) is 0 Å². The first-order valence-electron chi connectivity index (χ1n) is 8.39. The number of aliphatic imine (C=N–C) groups is 1. The molecule has 1 aliphatic heterocycles. The van der Waals surface area contributed by atoms with Crippen molar-refractivity contribution in [2.24, 2.45) is 4.99 Å². The molecule has 0 bridgehead atoms. The van der Waals surface area contributed by atoms with Gasteiger partial charge in [-0.05, 0) is 44.7 Å². The summed E-state index contributed by atoms with van der Waals surface area (Å²) in [5, 5.41) is 0.612. The Kier molecular flexibility index (Phi) is 4.90. The van der Waals surface area contributed by atoms with Gasteiger partial charge in [-0.1, -0.05) is 30.2 Å². The molecule has 1 saturated carbocycles. The van der Waals surface area contributed by atoms with E-state index < -0.39 is 5.66 Å². The molecule has 6 heteroatoms. The quantitative estimate of drug-likeness (QED) is 0.785. The minimum atomic E-state index is -0.600. The summed E-state index contributed by atoms with van der Waals surface area (Å²) in [6, 6.07) is 7.08. The molecule has 1 heterocycles. The Morgan fingerprint density at radius 3 is 2.54 bits per heavy atom. The molecule has 0 unspecified atom stereocenters. The summed E-state index contributed by atoms with van der Waals surface area (Å²) in [6.07, 6.45) is 4.72. The molecule has 1 aliphatic carbocycles. The fraction of sp³-hybridized carbons (Fsp3) is 0.500. The molecule has 2 aliphatic rings. The Balaban J connectivity index is 1.93. The van der Waals surface area contributed by atoms with Gasteiger partial charge in [0, 0.05) is 10.6 Å². The second-order valence-electron chi connectivity index (χ2n) is 6.21. The first-order chi connectivity index (χ1) is 11.6. The number of hydrogen-bond donors (Lipinski definition) is 0. The van der Waals surface area contributed by atoms with Gasteiger partial charge < -0.3 is 9.64 Å². The summed E-state index contributed by atoms with van der Waals surface area (Å²) < 4.78 is 5.04. The van der Waals surface area contributed by atoms with Crippen molar-refractivity contribution in [1.29, 1.82) is 0 Å². The fourth-order valence-corrected chi connectivity index (χ4v) is 3.61. The van der Waals surface area contributed by atoms with E-state index >= 15 is 0 Å². The van der Waals surface area contributed by atoms with Crippen LogP contribution >= 0.6 is 11.6 Å². The Labute approximate surface area is 146 Å². The number of nitrogens with zero attached hydrogens (tertiary/aromatic N) is 2. The lowest BCUT2D eigenvalue weighted by Crippen LogP contribution is -2.50. The lowest BCUT2D eigenvalue weighted by molar-refractivity contribution is -0.150. The van der Waals surface area contributed by atoms with Gasteiger partial charge in [0.25, 0.3) is 5.91 Å². The van der Waals surface area contributed by atoms with Crippen molar-refractivity contribution in [3.63, 3.8) is 0 Å². The summed E-state index contributed by atoms with van der Waals surface area (Å²) in [7, 11) is 0. The van der Waals surface area contributed by atoms with Gasteiger partial charge in [0.1, 0.15) is 17.9 Å². The summed E-state index contributed by atoms with van der Waals surface area (Å²) in [6.45, 7) is 2.02. The van der Waals surface area contributed by atoms with Gasteiger partial charge >= 0.3 is 5.97 Å². The van der Waals surface area contributed by atoms with Crippen molar-refractivity contribution in [1.82, 2.24) is 4.90 Å². The maximum atomic E-state index is 13.0. The van der Waals surface area contributed by atoms with Crippen LogP contribution in [0.25, 0.3) is 0 Å². The Morgan fingerprint density at radius 2 is 1.92 bits per heavy atom. The lowest BCUT2D eigenvalue weighted by Gasteiger charge is -2.38. The topological polar surface area (TPSA) is 59.0 Å². The molecule has 128 valence electrons. The number of esters is 1. The highest BCUT2D eigenvalue weighted by atomic mass is 35.5. The van der Waals surface area contributed by atoms with E-state index in [-0.39, 0.29) is 18.4 Å². The predicted octanol–water partition coefficient (Wildman–Crippen LogP) is 3.19. The van der Waals surface area contributed by atoms with Crippen LogP contribution in [0, 0.1) is 0 Å². The number of amides is 1. The van der Waals surface area contributed by atoms with E-state index in [1.165, 1.54) is 0 Å². The van der Waals surface area contributed by atoms with Crippen molar-refractivity contribution in [3.05, 3.63) is 34.9 Å². The number of benzene rings is 1. The molecule has 1 fully saturated rings. The minimum absolute atomic E-state index is 0.0484. The number of hydrogen-bond acceptors (Lipinski definition) is 4. The largest absolute Gasteiger partial charge is 0.465 e. The van der Waals surface area contributed by atoms with Crippen LogP contribution in [0.5, 0.6) is 0 Å². The molecule has 0 saturated heterocycles. The third kappa shape index (κ3) is 3.18. The van der Waals surface area contributed by atoms with Gasteiger partial charge in [0.05, 0.1) is 6.61 Å². The van der Waals surface area contributed by atoms with E-state index in [1.807, 2.05) is 0 Å². The molecule has 0 atom stereocenters. The van der Waals surface area contributed by atoms with Crippen LogP contribution in [0.4, 0.5) is 0 Å². The molecule has 5 nitrogen and oxygen atoms in total. The van der Waals surface area contributed by atoms with Gasteiger partial charge in [0.2, 0.25) is 0 Å². The van der Waals surface area contributed by atoms with Crippen molar-refractivity contribution < 1.29 is 14.3 Å². The van der Waals surface area contributed by atoms with Gasteiger partial charge in [0.15, 0.2) is 0 Å². The summed E-state index contributed by atoms with van der Waals surface area (Å²) in [4.78, 5) is 31.3. The molecule has 0 radical (unpaired) electrons. The zero-order valence-electron chi connectivity index (χ0n) is 13.8. The minimum Gasteiger partial charge on any atom is -0.465 e. The maximum Gasteiger partial charge on any atom is 0.325 e. The van der Waals surface area contributed by atoms with Crippen molar-refractivity contribution in [2.75, 3.05) is 13.2 Å². The normalized spacial score (nSPS) is 19.5. The zero-order chi connectivity index (χ0) is 17.2. The van der Waals surface area contributed by atoms with Crippen LogP contribution in [0.15, 0.2) is 29.3 Å². The van der Waals surface area contributed by atoms with E-state index in [9.17, 15) is 9.59 Å². The van der Waals surface area contributed by atoms with Crippen LogP contribution < -0.4 is 0 Å². The van der Waals surface area contributed by atoms with E-state index in [1.54, 1.807) is 36.1 Å². The molecule has 0 aromatic heterocycles. The Bertz CT molecular complexity index is 663. The lowest BCUT2D eigenvalue weighted by atomic mass is 9.88. The van der Waals surface area contributed by atoms with E-state index in [4.69, 9.17) is 21.3 Å². The van der Waals surface area contributed by atoms with E-state index in [2.05, 4.69) is 0 Å². The first kappa shape index (κ1) is 17.0. The van der Waals surface area contributed by atoms with Crippen molar-refractivity contribution >= 4 is 29.2 Å². The van der Waals surface area contributed by atoms with E-state index in [0.717, 1.165) is 37.7 Å². The third-order valence-corrected chi connectivity index (χ3v) is 4.89. The van der Waals surface area contributed by atoms with Crippen LogP contribution in [-0.4, -0.2) is 41.3 Å². The van der Waals surface area contributed by atoms with Crippen LogP contribution in [0.2, 0.25) is 5.02 Å². The highest BCUT2D eigenvalue weighted by Crippen LogP contribution is 2.39. The average Bonchev–Trinajstić information content (AvgIpc) is 2.82. The molecule has 24 heavy (non-hydrogen) atoms. The fourth-order valence-electron chi connectivity index (χ4n) is 3.48. The molecule has 1 aromatic carbocycles. The second kappa shape index (κ2) is 6.93.